The molecule has 0 saturated heterocycles. The number of hydrogen-bond donors (Lipinski definition) is 1. The molecule has 2 fully saturated rings. The molecular formula is C37H50N4O5. The van der Waals surface area contributed by atoms with E-state index in [2.05, 4.69) is 10.2 Å². The number of carbonyl (C=O) groups excluding carboxylic acids is 3. The van der Waals surface area contributed by atoms with Crippen LogP contribution in [0.1, 0.15) is 102 Å². The van der Waals surface area contributed by atoms with Crippen LogP contribution in [0.3, 0.4) is 0 Å². The van der Waals surface area contributed by atoms with E-state index in [0.717, 1.165) is 36.8 Å². The van der Waals surface area contributed by atoms with Gasteiger partial charge in [-0.05, 0) is 57.6 Å². The van der Waals surface area contributed by atoms with E-state index in [-0.39, 0.29) is 36.8 Å². The highest BCUT2D eigenvalue weighted by molar-refractivity contribution is 6.01. The predicted octanol–water partition coefficient (Wildman–Crippen LogP) is 6.45. The van der Waals surface area contributed by atoms with Crippen LogP contribution < -0.4 is 10.1 Å². The molecule has 46 heavy (non-hydrogen) atoms. The highest BCUT2D eigenvalue weighted by Crippen LogP contribution is 2.36. The summed E-state index contributed by atoms with van der Waals surface area (Å²) in [4.78, 5) is 48.1. The SMILES string of the molecule is CC(C)OC(=O)CN1Cc2cccc(OCCCC(=O)N(C3CCCCC3)C3CCCCC3)c2N=C1NC(=O)Cc1ccccc1. The topological polar surface area (TPSA) is 101 Å². The number of fused-ring (bicyclic) bond motifs is 1. The van der Waals surface area contributed by atoms with Gasteiger partial charge >= 0.3 is 5.97 Å². The Morgan fingerprint density at radius 1 is 0.913 bits per heavy atom. The van der Waals surface area contributed by atoms with Crippen LogP contribution in [0.15, 0.2) is 53.5 Å². The lowest BCUT2D eigenvalue weighted by Crippen LogP contribution is -2.48. The van der Waals surface area contributed by atoms with Gasteiger partial charge in [0.25, 0.3) is 0 Å². The van der Waals surface area contributed by atoms with Crippen molar-refractivity contribution in [1.82, 2.24) is 15.1 Å². The molecule has 5 rings (SSSR count). The minimum absolute atomic E-state index is 0.0479. The summed E-state index contributed by atoms with van der Waals surface area (Å²) in [6.07, 6.45) is 13.0. The Hall–Kier alpha value is -3.88. The van der Waals surface area contributed by atoms with Crippen LogP contribution in [0.25, 0.3) is 0 Å². The molecule has 2 amide bonds. The van der Waals surface area contributed by atoms with E-state index in [9.17, 15) is 14.4 Å². The van der Waals surface area contributed by atoms with Crippen molar-refractivity contribution in [2.24, 2.45) is 4.99 Å². The van der Waals surface area contributed by atoms with Gasteiger partial charge in [-0.25, -0.2) is 4.99 Å². The van der Waals surface area contributed by atoms with E-state index >= 15 is 0 Å². The molecular weight excluding hydrogens is 580 g/mol. The summed E-state index contributed by atoms with van der Waals surface area (Å²) >= 11 is 0. The molecule has 2 saturated carbocycles. The average molecular weight is 631 g/mol. The fourth-order valence-corrected chi connectivity index (χ4v) is 7.00. The summed E-state index contributed by atoms with van der Waals surface area (Å²) < 4.78 is 11.6. The molecule has 9 nitrogen and oxygen atoms in total. The number of aliphatic imine (C=N–C) groups is 1. The zero-order valence-corrected chi connectivity index (χ0v) is 27.5. The number of amides is 2. The molecule has 9 heteroatoms. The fraction of sp³-hybridized carbons (Fsp3) is 0.568. The van der Waals surface area contributed by atoms with Gasteiger partial charge in [-0.3, -0.25) is 19.7 Å². The number of hydrogen-bond acceptors (Lipinski definition) is 7. The van der Waals surface area contributed by atoms with Crippen LogP contribution in [-0.2, 0) is 32.1 Å². The number of ether oxygens (including phenoxy) is 2. The standard InChI is InChI=1S/C37H50N4O5/c1-27(2)46-35(44)26-40-25-29-16-12-21-32(36(29)39-37(40)38-33(42)24-28-14-6-3-7-15-28)45-23-13-22-34(43)41(30-17-8-4-9-18-30)31-19-10-5-11-20-31/h3,6-7,12,14-16,21,27,30-31H,4-5,8-11,13,17-20,22-26H2,1-2H3,(H,38,39,42). The van der Waals surface area contributed by atoms with E-state index in [1.165, 1.54) is 38.5 Å². The normalized spacial score (nSPS) is 17.2. The van der Waals surface area contributed by atoms with Gasteiger partial charge in [0.15, 0.2) is 0 Å². The molecule has 0 spiro atoms. The van der Waals surface area contributed by atoms with E-state index in [0.29, 0.717) is 49.5 Å². The minimum atomic E-state index is -0.393. The van der Waals surface area contributed by atoms with Crippen LogP contribution in [0.2, 0.25) is 0 Å². The van der Waals surface area contributed by atoms with Crippen molar-refractivity contribution in [3.8, 4) is 5.75 Å². The van der Waals surface area contributed by atoms with Gasteiger partial charge in [0.1, 0.15) is 18.0 Å². The van der Waals surface area contributed by atoms with Crippen LogP contribution in [-0.4, -0.2) is 64.9 Å². The number of rotatable bonds is 12. The fourth-order valence-electron chi connectivity index (χ4n) is 7.00. The number of nitrogens with zero attached hydrogens (tertiary/aromatic N) is 3. The molecule has 0 radical (unpaired) electrons. The quantitative estimate of drug-likeness (QED) is 0.214. The van der Waals surface area contributed by atoms with E-state index in [4.69, 9.17) is 14.5 Å². The first-order chi connectivity index (χ1) is 22.4. The van der Waals surface area contributed by atoms with Gasteiger partial charge in [-0.2, -0.15) is 0 Å². The Morgan fingerprint density at radius 3 is 2.24 bits per heavy atom. The molecule has 1 aliphatic heterocycles. The third kappa shape index (κ3) is 9.33. The van der Waals surface area contributed by atoms with Crippen molar-refractivity contribution in [3.63, 3.8) is 0 Å². The van der Waals surface area contributed by atoms with Crippen molar-refractivity contribution in [2.75, 3.05) is 13.2 Å². The Balaban J connectivity index is 1.25. The second kappa shape index (κ2) is 16.6. The maximum Gasteiger partial charge on any atom is 0.325 e. The van der Waals surface area contributed by atoms with Gasteiger partial charge in [0.2, 0.25) is 17.8 Å². The Morgan fingerprint density at radius 2 is 1.59 bits per heavy atom. The molecule has 0 aromatic heterocycles. The lowest BCUT2D eigenvalue weighted by molar-refractivity contribution is -0.148. The summed E-state index contributed by atoms with van der Waals surface area (Å²) in [5.41, 5.74) is 2.39. The number of guanidine groups is 1. The average Bonchev–Trinajstić information content (AvgIpc) is 3.04. The zero-order valence-electron chi connectivity index (χ0n) is 27.5. The molecule has 0 bridgehead atoms. The van der Waals surface area contributed by atoms with Crippen molar-refractivity contribution >= 4 is 29.4 Å². The lowest BCUT2D eigenvalue weighted by Gasteiger charge is -2.42. The third-order valence-corrected chi connectivity index (χ3v) is 9.12. The Labute approximate surface area is 273 Å². The molecule has 1 heterocycles. The first kappa shape index (κ1) is 33.5. The molecule has 0 unspecified atom stereocenters. The summed E-state index contributed by atoms with van der Waals surface area (Å²) in [5, 5.41) is 2.92. The van der Waals surface area contributed by atoms with Gasteiger partial charge in [0, 0.05) is 30.6 Å². The first-order valence-electron chi connectivity index (χ1n) is 17.3. The largest absolute Gasteiger partial charge is 0.491 e. The highest BCUT2D eigenvalue weighted by Gasteiger charge is 2.32. The molecule has 2 aliphatic carbocycles. The number of esters is 1. The maximum atomic E-state index is 13.6. The minimum Gasteiger partial charge on any atom is -0.491 e. The summed E-state index contributed by atoms with van der Waals surface area (Å²) in [6.45, 7) is 4.32. The highest BCUT2D eigenvalue weighted by atomic mass is 16.5. The van der Waals surface area contributed by atoms with Crippen LogP contribution in [0.5, 0.6) is 5.75 Å². The zero-order chi connectivity index (χ0) is 32.3. The summed E-state index contributed by atoms with van der Waals surface area (Å²) in [6, 6.07) is 16.0. The van der Waals surface area contributed by atoms with Crippen molar-refractivity contribution in [1.29, 1.82) is 0 Å². The van der Waals surface area contributed by atoms with Crippen molar-refractivity contribution in [2.45, 2.75) is 122 Å². The van der Waals surface area contributed by atoms with Crippen LogP contribution >= 0.6 is 0 Å². The summed E-state index contributed by atoms with van der Waals surface area (Å²) in [7, 11) is 0. The van der Waals surface area contributed by atoms with E-state index in [1.54, 1.807) is 18.7 Å². The molecule has 3 aliphatic rings. The van der Waals surface area contributed by atoms with E-state index < -0.39 is 5.97 Å². The van der Waals surface area contributed by atoms with Crippen molar-refractivity contribution < 1.29 is 23.9 Å². The second-order valence-corrected chi connectivity index (χ2v) is 13.1. The molecule has 1 N–H and O–H groups in total. The van der Waals surface area contributed by atoms with Crippen LogP contribution in [0, 0.1) is 0 Å². The molecule has 0 atom stereocenters. The monoisotopic (exact) mass is 630 g/mol. The second-order valence-electron chi connectivity index (χ2n) is 13.1. The number of carbonyl (C=O) groups is 3. The number of nitrogens with one attached hydrogen (secondary N) is 1. The third-order valence-electron chi connectivity index (χ3n) is 9.12. The molecule has 248 valence electrons. The van der Waals surface area contributed by atoms with E-state index in [1.807, 2.05) is 48.5 Å². The predicted molar refractivity (Wildman–Crippen MR) is 179 cm³/mol. The Kier molecular flexibility index (Phi) is 12.1. The van der Waals surface area contributed by atoms with Gasteiger partial charge < -0.3 is 19.3 Å². The number of para-hydroxylation sites is 1. The van der Waals surface area contributed by atoms with Gasteiger partial charge in [-0.1, -0.05) is 81.0 Å². The smallest absolute Gasteiger partial charge is 0.325 e. The lowest BCUT2D eigenvalue weighted by atomic mass is 9.88. The maximum absolute atomic E-state index is 13.6. The first-order valence-corrected chi connectivity index (χ1v) is 17.3. The number of benzene rings is 2. The van der Waals surface area contributed by atoms with Gasteiger partial charge in [0.05, 0.1) is 19.1 Å². The summed E-state index contributed by atoms with van der Waals surface area (Å²) in [5.74, 6) is 0.531. The van der Waals surface area contributed by atoms with Crippen molar-refractivity contribution in [3.05, 3.63) is 59.7 Å². The molecule has 2 aromatic carbocycles. The van der Waals surface area contributed by atoms with Crippen LogP contribution in [0.4, 0.5) is 5.69 Å². The van der Waals surface area contributed by atoms with Gasteiger partial charge in [-0.15, -0.1) is 0 Å². The Bertz CT molecular complexity index is 1330. The molecule has 2 aromatic rings.